The molecule has 4 fully saturated rings. The van der Waals surface area contributed by atoms with Gasteiger partial charge in [0.1, 0.15) is 0 Å². The van der Waals surface area contributed by atoms with Gasteiger partial charge in [-0.2, -0.15) is 0 Å². The molecule has 3 heteroatoms. The molecule has 4 aliphatic carbocycles. The molecule has 0 aromatic heterocycles. The van der Waals surface area contributed by atoms with Crippen molar-refractivity contribution in [1.82, 2.24) is 5.32 Å². The quantitative estimate of drug-likeness (QED) is 0.775. The summed E-state index contributed by atoms with van der Waals surface area (Å²) in [7, 11) is 2.11. The van der Waals surface area contributed by atoms with Crippen molar-refractivity contribution >= 4 is 28.3 Å². The Bertz CT molecular complexity index is 269. The number of halogens is 2. The summed E-state index contributed by atoms with van der Waals surface area (Å²) in [6.07, 6.45) is 8.96. The number of hydrogen-bond donors (Lipinski definition) is 1. The van der Waals surface area contributed by atoms with Crippen LogP contribution in [0.15, 0.2) is 0 Å². The molecule has 1 N–H and O–H groups in total. The summed E-state index contributed by atoms with van der Waals surface area (Å²) in [6, 6.07) is 0.677. The van der Waals surface area contributed by atoms with Gasteiger partial charge in [0, 0.05) is 10.9 Å². The van der Waals surface area contributed by atoms with E-state index in [-0.39, 0.29) is 12.4 Å². The minimum atomic E-state index is 0. The van der Waals surface area contributed by atoms with Gasteiger partial charge in [-0.1, -0.05) is 15.9 Å². The van der Waals surface area contributed by atoms with Gasteiger partial charge in [0.15, 0.2) is 0 Å². The number of rotatable bonds is 3. The Kier molecular flexibility index (Phi) is 4.17. The molecule has 0 heterocycles. The van der Waals surface area contributed by atoms with Crippen molar-refractivity contribution in [3.63, 3.8) is 0 Å². The van der Waals surface area contributed by atoms with Crippen molar-refractivity contribution in [2.75, 3.05) is 7.05 Å². The highest BCUT2D eigenvalue weighted by atomic mass is 79.9. The first-order valence-corrected chi connectivity index (χ1v) is 7.86. The van der Waals surface area contributed by atoms with Crippen LogP contribution >= 0.6 is 28.3 Å². The highest BCUT2D eigenvalue weighted by Gasteiger charge is 2.56. The van der Waals surface area contributed by atoms with Crippen molar-refractivity contribution in [1.29, 1.82) is 0 Å². The maximum absolute atomic E-state index is 4.07. The molecule has 100 valence electrons. The molecule has 4 unspecified atom stereocenters. The molecule has 4 atom stereocenters. The van der Waals surface area contributed by atoms with E-state index in [0.717, 1.165) is 22.6 Å². The van der Waals surface area contributed by atoms with Crippen LogP contribution in [0.2, 0.25) is 0 Å². The van der Waals surface area contributed by atoms with Gasteiger partial charge in [-0.25, -0.2) is 0 Å². The molecule has 0 aromatic rings. The SMILES string of the molecule is CNC(C)CC12CC3CC(CC(C3)C1Br)C2.Cl. The second-order valence-electron chi connectivity index (χ2n) is 6.77. The Balaban J connectivity index is 0.00000108. The Morgan fingerprint density at radius 1 is 1.24 bits per heavy atom. The predicted molar refractivity (Wildman–Crippen MR) is 79.1 cm³/mol. The first-order valence-electron chi connectivity index (χ1n) is 6.94. The van der Waals surface area contributed by atoms with Gasteiger partial charge in [0.05, 0.1) is 0 Å². The lowest BCUT2D eigenvalue weighted by Crippen LogP contribution is -2.55. The third kappa shape index (κ3) is 2.30. The van der Waals surface area contributed by atoms with Gasteiger partial charge in [0.25, 0.3) is 0 Å². The van der Waals surface area contributed by atoms with E-state index in [1.165, 1.54) is 32.1 Å². The van der Waals surface area contributed by atoms with Gasteiger partial charge in [0.2, 0.25) is 0 Å². The molecule has 1 nitrogen and oxygen atoms in total. The summed E-state index contributed by atoms with van der Waals surface area (Å²) in [6.45, 7) is 2.35. The van der Waals surface area contributed by atoms with Crippen LogP contribution in [0.3, 0.4) is 0 Å². The smallest absolute Gasteiger partial charge is 0.0231 e. The number of alkyl halides is 1. The molecule has 0 spiro atoms. The summed E-state index contributed by atoms with van der Waals surface area (Å²) in [4.78, 5) is 0.809. The highest BCUT2D eigenvalue weighted by molar-refractivity contribution is 9.09. The van der Waals surface area contributed by atoms with Crippen LogP contribution in [0, 0.1) is 23.2 Å². The van der Waals surface area contributed by atoms with Crippen LogP contribution in [-0.4, -0.2) is 17.9 Å². The zero-order valence-electron chi connectivity index (χ0n) is 10.9. The summed E-state index contributed by atoms with van der Waals surface area (Å²) in [5, 5.41) is 3.44. The third-order valence-electron chi connectivity index (χ3n) is 5.53. The molecule has 4 rings (SSSR count). The molecule has 0 amide bonds. The summed E-state index contributed by atoms with van der Waals surface area (Å²) in [5.41, 5.74) is 0.636. The minimum Gasteiger partial charge on any atom is -0.317 e. The molecule has 4 bridgehead atoms. The molecular weight excluding hydrogens is 298 g/mol. The number of nitrogens with one attached hydrogen (secondary N) is 1. The maximum atomic E-state index is 4.07. The summed E-state index contributed by atoms with van der Waals surface area (Å²) >= 11 is 4.07. The molecule has 4 aliphatic rings. The van der Waals surface area contributed by atoms with Gasteiger partial charge < -0.3 is 5.32 Å². The van der Waals surface area contributed by atoms with Crippen LogP contribution in [0.4, 0.5) is 0 Å². The van der Waals surface area contributed by atoms with Crippen molar-refractivity contribution < 1.29 is 0 Å². The summed E-state index contributed by atoms with van der Waals surface area (Å²) in [5.74, 6) is 3.13. The van der Waals surface area contributed by atoms with Gasteiger partial charge in [-0.15, -0.1) is 12.4 Å². The lowest BCUT2D eigenvalue weighted by molar-refractivity contribution is -0.0512. The molecular formula is C14H25BrClN. The lowest BCUT2D eigenvalue weighted by Gasteiger charge is -2.60. The topological polar surface area (TPSA) is 12.0 Å². The standard InChI is InChI=1S/C14H24BrN.ClH/c1-9(16-2)6-14-7-10-3-11(8-14)5-12(4-10)13(14)15;/h9-13,16H,3-8H2,1-2H3;1H. The van der Waals surface area contributed by atoms with Gasteiger partial charge in [-0.05, 0) is 75.7 Å². The third-order valence-corrected chi connectivity index (χ3v) is 7.25. The van der Waals surface area contributed by atoms with E-state index in [1.807, 2.05) is 0 Å². The van der Waals surface area contributed by atoms with Crippen molar-refractivity contribution in [2.45, 2.75) is 56.3 Å². The van der Waals surface area contributed by atoms with Crippen LogP contribution in [0.1, 0.15) is 45.4 Å². The fourth-order valence-electron chi connectivity index (χ4n) is 5.14. The molecule has 4 saturated carbocycles. The molecule has 17 heavy (non-hydrogen) atoms. The molecule has 0 saturated heterocycles. The van der Waals surface area contributed by atoms with Gasteiger partial charge >= 0.3 is 0 Å². The second-order valence-corrected chi connectivity index (χ2v) is 7.75. The number of hydrogen-bond acceptors (Lipinski definition) is 1. The first-order chi connectivity index (χ1) is 7.63. The van der Waals surface area contributed by atoms with Gasteiger partial charge in [-0.3, -0.25) is 0 Å². The van der Waals surface area contributed by atoms with Crippen LogP contribution < -0.4 is 5.32 Å². The molecule has 0 aromatic carbocycles. The van der Waals surface area contributed by atoms with E-state index < -0.39 is 0 Å². The van der Waals surface area contributed by atoms with E-state index in [1.54, 1.807) is 6.42 Å². The van der Waals surface area contributed by atoms with E-state index >= 15 is 0 Å². The highest BCUT2D eigenvalue weighted by Crippen LogP contribution is 2.63. The van der Waals surface area contributed by atoms with E-state index in [4.69, 9.17) is 0 Å². The second kappa shape index (κ2) is 5.02. The Labute approximate surface area is 120 Å². The zero-order chi connectivity index (χ0) is 11.3. The fourth-order valence-corrected chi connectivity index (χ4v) is 6.13. The Morgan fingerprint density at radius 3 is 2.35 bits per heavy atom. The Morgan fingerprint density at radius 2 is 1.82 bits per heavy atom. The van der Waals surface area contributed by atoms with E-state index in [9.17, 15) is 0 Å². The molecule has 0 aliphatic heterocycles. The van der Waals surface area contributed by atoms with Crippen LogP contribution in [0.25, 0.3) is 0 Å². The Hall–Kier alpha value is 0.730. The zero-order valence-corrected chi connectivity index (χ0v) is 13.3. The van der Waals surface area contributed by atoms with Crippen molar-refractivity contribution in [2.24, 2.45) is 23.2 Å². The van der Waals surface area contributed by atoms with E-state index in [2.05, 4.69) is 35.2 Å². The largest absolute Gasteiger partial charge is 0.317 e. The van der Waals surface area contributed by atoms with Crippen LogP contribution in [0.5, 0.6) is 0 Å². The average molecular weight is 323 g/mol. The normalized spacial score (nSPS) is 48.9. The van der Waals surface area contributed by atoms with Crippen molar-refractivity contribution in [3.8, 4) is 0 Å². The lowest BCUT2D eigenvalue weighted by atomic mass is 9.48. The van der Waals surface area contributed by atoms with Crippen LogP contribution in [-0.2, 0) is 0 Å². The maximum Gasteiger partial charge on any atom is 0.0231 e. The fraction of sp³-hybridized carbons (Fsp3) is 1.00. The minimum absolute atomic E-state index is 0. The monoisotopic (exact) mass is 321 g/mol. The molecule has 0 radical (unpaired) electrons. The predicted octanol–water partition coefficient (Wildman–Crippen LogP) is 4.00. The van der Waals surface area contributed by atoms with Crippen molar-refractivity contribution in [3.05, 3.63) is 0 Å². The van der Waals surface area contributed by atoms with E-state index in [0.29, 0.717) is 11.5 Å². The first kappa shape index (κ1) is 14.1. The average Bonchev–Trinajstić information content (AvgIpc) is 2.24. The summed E-state index contributed by atoms with van der Waals surface area (Å²) < 4.78 is 0.